The number of rotatable bonds is 4. The number of hydrogen-bond acceptors (Lipinski definition) is 2. The fourth-order valence-corrected chi connectivity index (χ4v) is 1.58. The van der Waals surface area contributed by atoms with Crippen molar-refractivity contribution in [1.29, 1.82) is 0 Å². The molecular formula is C12H14N2O. The Balaban J connectivity index is 2.25. The summed E-state index contributed by atoms with van der Waals surface area (Å²) >= 11 is 0. The zero-order chi connectivity index (χ0) is 10.5. The van der Waals surface area contributed by atoms with Crippen molar-refractivity contribution in [3.05, 3.63) is 42.2 Å². The summed E-state index contributed by atoms with van der Waals surface area (Å²) in [6.45, 7) is 0.699. The topological polar surface area (TPSA) is 37.9 Å². The molecule has 2 aromatic rings. The second-order valence-corrected chi connectivity index (χ2v) is 3.35. The zero-order valence-corrected chi connectivity index (χ0v) is 8.73. The lowest BCUT2D eigenvalue weighted by Gasteiger charge is -2.01. The van der Waals surface area contributed by atoms with E-state index in [1.165, 1.54) is 5.56 Å². The molecule has 0 aliphatic carbocycles. The second-order valence-electron chi connectivity index (χ2n) is 3.35. The van der Waals surface area contributed by atoms with Gasteiger partial charge in [-0.15, -0.1) is 0 Å². The van der Waals surface area contributed by atoms with Gasteiger partial charge in [-0.2, -0.15) is 5.10 Å². The largest absolute Gasteiger partial charge is 0.384 e. The Bertz CT molecular complexity index is 409. The highest BCUT2D eigenvalue weighted by Gasteiger charge is 2.06. The molecule has 0 aliphatic heterocycles. The Labute approximate surface area is 89.1 Å². The van der Waals surface area contributed by atoms with Crippen LogP contribution in [0.4, 0.5) is 0 Å². The van der Waals surface area contributed by atoms with Crippen LogP contribution >= 0.6 is 0 Å². The number of benzene rings is 1. The SMILES string of the molecule is COCCc1n[nH]cc1-c1ccccc1. The molecule has 0 saturated carbocycles. The summed E-state index contributed by atoms with van der Waals surface area (Å²) in [5.74, 6) is 0. The van der Waals surface area contributed by atoms with Crippen LogP contribution in [0.3, 0.4) is 0 Å². The van der Waals surface area contributed by atoms with E-state index in [4.69, 9.17) is 4.74 Å². The molecule has 0 spiro atoms. The molecule has 1 aromatic carbocycles. The summed E-state index contributed by atoms with van der Waals surface area (Å²) in [5.41, 5.74) is 3.41. The number of nitrogens with one attached hydrogen (secondary N) is 1. The number of aromatic amines is 1. The van der Waals surface area contributed by atoms with E-state index < -0.39 is 0 Å². The highest BCUT2D eigenvalue weighted by atomic mass is 16.5. The van der Waals surface area contributed by atoms with Crippen LogP contribution in [0, 0.1) is 0 Å². The Morgan fingerprint density at radius 3 is 2.80 bits per heavy atom. The molecule has 0 bridgehead atoms. The van der Waals surface area contributed by atoms with E-state index in [-0.39, 0.29) is 0 Å². The van der Waals surface area contributed by atoms with Gasteiger partial charge in [-0.05, 0) is 5.56 Å². The standard InChI is InChI=1S/C12H14N2O/c1-15-8-7-12-11(9-13-14-12)10-5-3-2-4-6-10/h2-6,9H,7-8H2,1H3,(H,13,14). The van der Waals surface area contributed by atoms with Crippen LogP contribution in [-0.4, -0.2) is 23.9 Å². The predicted molar refractivity (Wildman–Crippen MR) is 59.6 cm³/mol. The van der Waals surface area contributed by atoms with Crippen molar-refractivity contribution in [2.45, 2.75) is 6.42 Å². The first-order chi connectivity index (χ1) is 7.42. The van der Waals surface area contributed by atoms with Gasteiger partial charge in [0.05, 0.1) is 12.3 Å². The minimum Gasteiger partial charge on any atom is -0.384 e. The fourth-order valence-electron chi connectivity index (χ4n) is 1.58. The van der Waals surface area contributed by atoms with Crippen molar-refractivity contribution in [2.24, 2.45) is 0 Å². The molecule has 0 saturated heterocycles. The molecule has 1 N–H and O–H groups in total. The van der Waals surface area contributed by atoms with Crippen LogP contribution in [0.2, 0.25) is 0 Å². The minimum absolute atomic E-state index is 0.699. The summed E-state index contributed by atoms with van der Waals surface area (Å²) < 4.78 is 5.05. The molecule has 0 atom stereocenters. The van der Waals surface area contributed by atoms with E-state index in [9.17, 15) is 0 Å². The van der Waals surface area contributed by atoms with Crippen LogP contribution < -0.4 is 0 Å². The molecule has 3 nitrogen and oxygen atoms in total. The summed E-state index contributed by atoms with van der Waals surface area (Å²) in [6, 6.07) is 10.2. The first-order valence-electron chi connectivity index (χ1n) is 4.99. The highest BCUT2D eigenvalue weighted by molar-refractivity contribution is 5.64. The quantitative estimate of drug-likeness (QED) is 0.825. The van der Waals surface area contributed by atoms with Crippen molar-refractivity contribution in [3.8, 4) is 11.1 Å². The Morgan fingerprint density at radius 2 is 2.07 bits per heavy atom. The molecule has 3 heteroatoms. The van der Waals surface area contributed by atoms with E-state index in [0.717, 1.165) is 17.7 Å². The molecule has 2 rings (SSSR count). The van der Waals surface area contributed by atoms with Crippen molar-refractivity contribution in [3.63, 3.8) is 0 Å². The van der Waals surface area contributed by atoms with Crippen LogP contribution in [0.25, 0.3) is 11.1 Å². The molecule has 1 heterocycles. The van der Waals surface area contributed by atoms with Crippen LogP contribution in [0.5, 0.6) is 0 Å². The predicted octanol–water partition coefficient (Wildman–Crippen LogP) is 2.27. The number of H-pyrrole nitrogens is 1. The first-order valence-corrected chi connectivity index (χ1v) is 4.99. The Hall–Kier alpha value is -1.61. The van der Waals surface area contributed by atoms with E-state index in [2.05, 4.69) is 22.3 Å². The zero-order valence-electron chi connectivity index (χ0n) is 8.73. The van der Waals surface area contributed by atoms with E-state index >= 15 is 0 Å². The van der Waals surface area contributed by atoms with Crippen LogP contribution in [-0.2, 0) is 11.2 Å². The van der Waals surface area contributed by atoms with Gasteiger partial charge in [0.2, 0.25) is 0 Å². The monoisotopic (exact) mass is 202 g/mol. The second kappa shape index (κ2) is 4.75. The van der Waals surface area contributed by atoms with Gasteiger partial charge in [-0.3, -0.25) is 5.10 Å². The van der Waals surface area contributed by atoms with Gasteiger partial charge in [0.25, 0.3) is 0 Å². The van der Waals surface area contributed by atoms with Gasteiger partial charge < -0.3 is 4.74 Å². The lowest BCUT2D eigenvalue weighted by Crippen LogP contribution is -1.96. The third-order valence-corrected chi connectivity index (χ3v) is 2.35. The first kappa shape index (κ1) is 9.93. The molecule has 78 valence electrons. The lowest BCUT2D eigenvalue weighted by molar-refractivity contribution is 0.201. The maximum atomic E-state index is 5.05. The van der Waals surface area contributed by atoms with E-state index in [1.807, 2.05) is 24.4 Å². The Kier molecular flexibility index (Phi) is 3.15. The number of aromatic nitrogens is 2. The van der Waals surface area contributed by atoms with Gasteiger partial charge in [0.1, 0.15) is 0 Å². The number of hydrogen-bond donors (Lipinski definition) is 1. The number of ether oxygens (including phenoxy) is 1. The molecular weight excluding hydrogens is 188 g/mol. The number of methoxy groups -OCH3 is 1. The van der Waals surface area contributed by atoms with Crippen LogP contribution in [0.1, 0.15) is 5.69 Å². The summed E-state index contributed by atoms with van der Waals surface area (Å²) in [4.78, 5) is 0. The maximum absolute atomic E-state index is 5.05. The number of nitrogens with zero attached hydrogens (tertiary/aromatic N) is 1. The molecule has 15 heavy (non-hydrogen) atoms. The van der Waals surface area contributed by atoms with E-state index in [0.29, 0.717) is 6.61 Å². The molecule has 1 aromatic heterocycles. The maximum Gasteiger partial charge on any atom is 0.0723 e. The van der Waals surface area contributed by atoms with Crippen molar-refractivity contribution < 1.29 is 4.74 Å². The van der Waals surface area contributed by atoms with Gasteiger partial charge in [0, 0.05) is 25.3 Å². The smallest absolute Gasteiger partial charge is 0.0723 e. The van der Waals surface area contributed by atoms with Gasteiger partial charge in [-0.25, -0.2) is 0 Å². The highest BCUT2D eigenvalue weighted by Crippen LogP contribution is 2.21. The molecule has 0 fully saturated rings. The lowest BCUT2D eigenvalue weighted by atomic mass is 10.1. The van der Waals surface area contributed by atoms with Crippen molar-refractivity contribution >= 4 is 0 Å². The summed E-state index contributed by atoms with van der Waals surface area (Å²) in [7, 11) is 1.70. The van der Waals surface area contributed by atoms with E-state index in [1.54, 1.807) is 7.11 Å². The van der Waals surface area contributed by atoms with Crippen LogP contribution in [0.15, 0.2) is 36.5 Å². The van der Waals surface area contributed by atoms with Gasteiger partial charge in [0.15, 0.2) is 0 Å². The third-order valence-electron chi connectivity index (χ3n) is 2.35. The average Bonchev–Trinajstić information content (AvgIpc) is 2.75. The molecule has 0 radical (unpaired) electrons. The third kappa shape index (κ3) is 2.25. The van der Waals surface area contributed by atoms with Crippen molar-refractivity contribution in [2.75, 3.05) is 13.7 Å². The summed E-state index contributed by atoms with van der Waals surface area (Å²) in [5, 5.41) is 7.13. The minimum atomic E-state index is 0.699. The molecule has 0 unspecified atom stereocenters. The summed E-state index contributed by atoms with van der Waals surface area (Å²) in [6.07, 6.45) is 2.77. The van der Waals surface area contributed by atoms with Gasteiger partial charge in [-0.1, -0.05) is 30.3 Å². The fraction of sp³-hybridized carbons (Fsp3) is 0.250. The normalized spacial score (nSPS) is 10.5. The Morgan fingerprint density at radius 1 is 1.27 bits per heavy atom. The molecule has 0 amide bonds. The average molecular weight is 202 g/mol. The molecule has 0 aliphatic rings. The van der Waals surface area contributed by atoms with Gasteiger partial charge >= 0.3 is 0 Å². The van der Waals surface area contributed by atoms with Crippen molar-refractivity contribution in [1.82, 2.24) is 10.2 Å².